The minimum Gasteiger partial charge on any atom is -0.447 e. The Kier molecular flexibility index (Phi) is 3.02. The molecule has 7 heteroatoms. The topological polar surface area (TPSA) is 103 Å². The maximum absolute atomic E-state index is 11.5. The summed E-state index contributed by atoms with van der Waals surface area (Å²) in [5.41, 5.74) is 5.65. The highest BCUT2D eigenvalue weighted by Gasteiger charge is 2.23. The fourth-order valence-electron chi connectivity index (χ4n) is 2.18. The van der Waals surface area contributed by atoms with Gasteiger partial charge >= 0.3 is 6.09 Å². The Morgan fingerprint density at radius 2 is 2.05 bits per heavy atom. The van der Waals surface area contributed by atoms with Gasteiger partial charge in [-0.3, -0.25) is 19.5 Å². The Hall–Kier alpha value is -2.96. The molecule has 1 aromatic heterocycles. The van der Waals surface area contributed by atoms with Crippen LogP contribution in [-0.4, -0.2) is 35.9 Å². The third-order valence-electron chi connectivity index (χ3n) is 3.23. The average molecular weight is 285 g/mol. The number of carbonyl (C=O) groups excluding carboxylic acids is 3. The molecule has 0 radical (unpaired) electrons. The fraction of sp³-hybridized carbons (Fsp3) is 0.143. The maximum atomic E-state index is 11.5. The van der Waals surface area contributed by atoms with Crippen LogP contribution in [0, 0.1) is 0 Å². The average Bonchev–Trinajstić information content (AvgIpc) is 2.91. The van der Waals surface area contributed by atoms with Crippen molar-refractivity contribution in [3.05, 3.63) is 36.2 Å². The number of rotatable bonds is 3. The van der Waals surface area contributed by atoms with Crippen LogP contribution in [0.25, 0.3) is 10.8 Å². The van der Waals surface area contributed by atoms with Crippen LogP contribution in [0.15, 0.2) is 30.5 Å². The molecule has 3 rings (SSSR count). The number of benzene rings is 1. The van der Waals surface area contributed by atoms with Gasteiger partial charge in [-0.2, -0.15) is 0 Å². The van der Waals surface area contributed by atoms with Crippen LogP contribution in [-0.2, 0) is 9.53 Å². The third kappa shape index (κ3) is 2.29. The molecule has 1 fully saturated rings. The second kappa shape index (κ2) is 4.86. The molecule has 106 valence electrons. The Morgan fingerprint density at radius 3 is 2.71 bits per heavy atom. The summed E-state index contributed by atoms with van der Waals surface area (Å²) in [7, 11) is 0. The van der Waals surface area contributed by atoms with Crippen molar-refractivity contribution >= 4 is 34.2 Å². The Bertz CT molecular complexity index is 772. The summed E-state index contributed by atoms with van der Waals surface area (Å²) in [6.45, 7) is 0.858. The minimum atomic E-state index is -1.04. The highest BCUT2D eigenvalue weighted by molar-refractivity contribution is 6.42. The van der Waals surface area contributed by atoms with Crippen molar-refractivity contribution in [2.24, 2.45) is 5.73 Å². The molecule has 0 saturated carbocycles. The smallest absolute Gasteiger partial charge is 0.414 e. The van der Waals surface area contributed by atoms with Crippen LogP contribution in [0.5, 0.6) is 0 Å². The number of nitrogens with two attached hydrogens (primary N) is 1. The summed E-state index contributed by atoms with van der Waals surface area (Å²) in [6, 6.07) is 6.76. The molecule has 0 bridgehead atoms. The first-order chi connectivity index (χ1) is 10.1. The molecule has 0 unspecified atom stereocenters. The lowest BCUT2D eigenvalue weighted by Gasteiger charge is -2.13. The van der Waals surface area contributed by atoms with Gasteiger partial charge in [0.05, 0.1) is 6.54 Å². The number of carbonyl (C=O) groups is 3. The summed E-state index contributed by atoms with van der Waals surface area (Å²) in [5.74, 6) is -1.87. The number of ketones is 1. The first-order valence-electron chi connectivity index (χ1n) is 6.24. The van der Waals surface area contributed by atoms with E-state index in [1.807, 2.05) is 0 Å². The van der Waals surface area contributed by atoms with Gasteiger partial charge in [0.25, 0.3) is 11.7 Å². The van der Waals surface area contributed by atoms with Crippen LogP contribution in [0.2, 0.25) is 0 Å². The number of cyclic esters (lactones) is 1. The van der Waals surface area contributed by atoms with Crippen LogP contribution in [0.4, 0.5) is 10.5 Å². The Morgan fingerprint density at radius 1 is 1.24 bits per heavy atom. The lowest BCUT2D eigenvalue weighted by atomic mass is 10.1. The molecule has 2 heterocycles. The number of hydrogen-bond donors (Lipinski definition) is 1. The van der Waals surface area contributed by atoms with Gasteiger partial charge in [0.1, 0.15) is 12.3 Å². The molecule has 2 aromatic rings. The number of Topliss-reactive ketones (excluding diaryl/α,β-unsaturated/α-hetero) is 1. The molecule has 0 aliphatic carbocycles. The molecule has 1 saturated heterocycles. The number of amides is 2. The molecule has 2 amide bonds. The van der Waals surface area contributed by atoms with Gasteiger partial charge in [0.2, 0.25) is 0 Å². The zero-order chi connectivity index (χ0) is 15.0. The highest BCUT2D eigenvalue weighted by atomic mass is 16.6. The minimum absolute atomic E-state index is 0.00309. The van der Waals surface area contributed by atoms with Gasteiger partial charge in [0, 0.05) is 17.3 Å². The Labute approximate surface area is 119 Å². The van der Waals surface area contributed by atoms with Crippen molar-refractivity contribution in [3.63, 3.8) is 0 Å². The standard InChI is InChI=1S/C14H11N3O4/c15-13(19)12(18)11-6-8-1-2-10(5-9(8)7-16-11)17-3-4-21-14(17)20/h1-2,5-7H,3-4H2,(H2,15,19). The third-order valence-corrected chi connectivity index (χ3v) is 3.23. The molecule has 1 aromatic carbocycles. The van der Waals surface area contributed by atoms with E-state index in [4.69, 9.17) is 10.5 Å². The van der Waals surface area contributed by atoms with E-state index < -0.39 is 11.7 Å². The van der Waals surface area contributed by atoms with Gasteiger partial charge in [0.15, 0.2) is 0 Å². The number of primary amides is 1. The normalized spacial score (nSPS) is 14.3. The first kappa shape index (κ1) is 13.0. The van der Waals surface area contributed by atoms with Crippen molar-refractivity contribution in [2.45, 2.75) is 0 Å². The number of anilines is 1. The molecule has 21 heavy (non-hydrogen) atoms. The van der Waals surface area contributed by atoms with E-state index in [9.17, 15) is 14.4 Å². The predicted octanol–water partition coefficient (Wildman–Crippen LogP) is 0.859. The second-order valence-corrected chi connectivity index (χ2v) is 4.56. The number of fused-ring (bicyclic) bond motifs is 1. The summed E-state index contributed by atoms with van der Waals surface area (Å²) in [6.07, 6.45) is 1.08. The summed E-state index contributed by atoms with van der Waals surface area (Å²) in [4.78, 5) is 39.3. The van der Waals surface area contributed by atoms with Crippen LogP contribution >= 0.6 is 0 Å². The van der Waals surface area contributed by atoms with Gasteiger partial charge in [-0.1, -0.05) is 6.07 Å². The van der Waals surface area contributed by atoms with Crippen LogP contribution in [0.3, 0.4) is 0 Å². The maximum Gasteiger partial charge on any atom is 0.414 e. The van der Waals surface area contributed by atoms with E-state index >= 15 is 0 Å². The molecule has 1 aliphatic heterocycles. The zero-order valence-corrected chi connectivity index (χ0v) is 10.9. The predicted molar refractivity (Wildman–Crippen MR) is 74.0 cm³/mol. The van der Waals surface area contributed by atoms with E-state index in [-0.39, 0.29) is 11.8 Å². The first-order valence-corrected chi connectivity index (χ1v) is 6.24. The van der Waals surface area contributed by atoms with E-state index in [1.54, 1.807) is 18.2 Å². The van der Waals surface area contributed by atoms with Gasteiger partial charge in [-0.05, 0) is 23.6 Å². The van der Waals surface area contributed by atoms with Gasteiger partial charge < -0.3 is 10.5 Å². The van der Waals surface area contributed by atoms with E-state index in [2.05, 4.69) is 4.98 Å². The number of aromatic nitrogens is 1. The van der Waals surface area contributed by atoms with E-state index in [0.717, 1.165) is 10.8 Å². The number of pyridine rings is 1. The summed E-state index contributed by atoms with van der Waals surface area (Å²) >= 11 is 0. The van der Waals surface area contributed by atoms with Crippen molar-refractivity contribution in [1.29, 1.82) is 0 Å². The largest absolute Gasteiger partial charge is 0.447 e. The summed E-state index contributed by atoms with van der Waals surface area (Å²) in [5, 5.41) is 1.47. The molecule has 0 atom stereocenters. The SMILES string of the molecule is NC(=O)C(=O)c1cc2ccc(N3CCOC3=O)cc2cn1. The molecular weight excluding hydrogens is 274 g/mol. The fourth-order valence-corrected chi connectivity index (χ4v) is 2.18. The van der Waals surface area contributed by atoms with Crippen LogP contribution in [0.1, 0.15) is 10.5 Å². The molecule has 7 nitrogen and oxygen atoms in total. The number of hydrogen-bond acceptors (Lipinski definition) is 5. The zero-order valence-electron chi connectivity index (χ0n) is 10.9. The van der Waals surface area contributed by atoms with Crippen LogP contribution < -0.4 is 10.6 Å². The monoisotopic (exact) mass is 285 g/mol. The quantitative estimate of drug-likeness (QED) is 0.665. The van der Waals surface area contributed by atoms with E-state index in [0.29, 0.717) is 18.8 Å². The highest BCUT2D eigenvalue weighted by Crippen LogP contribution is 2.24. The van der Waals surface area contributed by atoms with Crippen molar-refractivity contribution in [2.75, 3.05) is 18.1 Å². The molecular formula is C14H11N3O4. The lowest BCUT2D eigenvalue weighted by molar-refractivity contribution is -0.114. The van der Waals surface area contributed by atoms with Gasteiger partial charge in [-0.15, -0.1) is 0 Å². The lowest BCUT2D eigenvalue weighted by Crippen LogP contribution is -2.24. The molecule has 2 N–H and O–H groups in total. The van der Waals surface area contributed by atoms with Gasteiger partial charge in [-0.25, -0.2) is 4.79 Å². The number of ether oxygens (including phenoxy) is 1. The van der Waals surface area contributed by atoms with Crippen molar-refractivity contribution in [3.8, 4) is 0 Å². The second-order valence-electron chi connectivity index (χ2n) is 4.56. The Balaban J connectivity index is 2.00. The molecule has 0 spiro atoms. The van der Waals surface area contributed by atoms with Crippen molar-refractivity contribution < 1.29 is 19.1 Å². The number of nitrogens with zero attached hydrogens (tertiary/aromatic N) is 2. The summed E-state index contributed by atoms with van der Waals surface area (Å²) < 4.78 is 4.88. The van der Waals surface area contributed by atoms with Crippen molar-refractivity contribution in [1.82, 2.24) is 4.98 Å². The van der Waals surface area contributed by atoms with E-state index in [1.165, 1.54) is 17.2 Å². The molecule has 1 aliphatic rings.